The first-order valence-corrected chi connectivity index (χ1v) is 24.0. The van der Waals surface area contributed by atoms with E-state index in [1.54, 1.807) is 24.3 Å². The van der Waals surface area contributed by atoms with Crippen molar-refractivity contribution in [2.75, 3.05) is 0 Å². The summed E-state index contributed by atoms with van der Waals surface area (Å²) in [5.74, 6) is 2.80. The van der Waals surface area contributed by atoms with Crippen LogP contribution >= 0.6 is 0 Å². The van der Waals surface area contributed by atoms with Crippen molar-refractivity contribution < 1.29 is 38.6 Å². The quantitative estimate of drug-likeness (QED) is 0.0989. The molecule has 0 radical (unpaired) electrons. The maximum atomic E-state index is 10.6. The Morgan fingerprint density at radius 3 is 0.635 bits per heavy atom. The minimum Gasteiger partial charge on any atom is -0.508 e. The molecule has 0 aliphatic carbocycles. The highest BCUT2D eigenvalue weighted by molar-refractivity contribution is 5.82. The molecule has 0 aliphatic rings. The van der Waals surface area contributed by atoms with Gasteiger partial charge in [-0.15, -0.1) is 0 Å². The maximum absolute atomic E-state index is 10.6. The third-order valence-corrected chi connectivity index (χ3v) is 12.1. The zero-order chi connectivity index (χ0) is 50.1. The molecule has 0 aliphatic heterocycles. The molecule has 2 N–H and O–H groups in total. The van der Waals surface area contributed by atoms with Crippen LogP contribution in [0, 0.1) is 0 Å². The fraction of sp³-hybridized carbons (Fsp3) is 0. The third kappa shape index (κ3) is 10.2. The van der Waals surface area contributed by atoms with Gasteiger partial charge >= 0.3 is 0 Å². The Bertz CT molecular complexity index is 3220. The van der Waals surface area contributed by atoms with Crippen molar-refractivity contribution in [1.29, 1.82) is 0 Å². The standard InChI is InChI=1S/C66H46O8/c67-49-37-41-51(42-38-49)69-61-63(71-57-33-17-13-29-53(57)45-21-5-1-6-22-45)64(72-58-34-18-14-30-54(58)46-23-7-2-8-24-46)62(70-52-43-39-50(68)40-44-52)66(74-60-36-20-16-32-56(60)48-27-11-4-12-28-48)65(61)73-59-35-19-15-31-55(59)47-25-9-3-10-26-47/h1-44,67-68H. The Morgan fingerprint density at radius 1 is 0.189 bits per heavy atom. The fourth-order valence-electron chi connectivity index (χ4n) is 8.53. The van der Waals surface area contributed by atoms with Gasteiger partial charge in [0, 0.05) is 22.3 Å². The van der Waals surface area contributed by atoms with Crippen molar-refractivity contribution in [2.45, 2.75) is 0 Å². The summed E-state index contributed by atoms with van der Waals surface area (Å²) in [6, 6.07) is 83.3. The first-order valence-electron chi connectivity index (χ1n) is 24.0. The van der Waals surface area contributed by atoms with Crippen LogP contribution < -0.4 is 28.4 Å². The lowest BCUT2D eigenvalue weighted by atomic mass is 10.0. The highest BCUT2D eigenvalue weighted by atomic mass is 16.6. The summed E-state index contributed by atoms with van der Waals surface area (Å²) >= 11 is 0. The predicted octanol–water partition coefficient (Wildman–Crippen LogP) is 18.5. The second-order valence-electron chi connectivity index (χ2n) is 17.0. The zero-order valence-electron chi connectivity index (χ0n) is 39.7. The Labute approximate surface area is 428 Å². The van der Waals surface area contributed by atoms with Crippen LogP contribution in [0.5, 0.6) is 80.5 Å². The summed E-state index contributed by atoms with van der Waals surface area (Å²) < 4.78 is 43.8. The number of aromatic hydroxyl groups is 2. The largest absolute Gasteiger partial charge is 0.508 e. The smallest absolute Gasteiger partial charge is 0.220 e. The first-order chi connectivity index (χ1) is 36.5. The van der Waals surface area contributed by atoms with E-state index >= 15 is 0 Å². The van der Waals surface area contributed by atoms with E-state index in [1.165, 1.54) is 24.3 Å². The number of phenols is 2. The minimum atomic E-state index is 0.0406. The van der Waals surface area contributed by atoms with Crippen molar-refractivity contribution >= 4 is 0 Å². The number of hydrogen-bond acceptors (Lipinski definition) is 8. The van der Waals surface area contributed by atoms with Gasteiger partial charge in [0.05, 0.1) is 0 Å². The normalized spacial score (nSPS) is 10.8. The molecule has 0 heterocycles. The fourth-order valence-corrected chi connectivity index (χ4v) is 8.53. The first kappa shape index (κ1) is 46.2. The highest BCUT2D eigenvalue weighted by Crippen LogP contribution is 2.64. The summed E-state index contributed by atoms with van der Waals surface area (Å²) in [6.45, 7) is 0. The Morgan fingerprint density at radius 2 is 0.392 bits per heavy atom. The molecular formula is C66H46O8. The van der Waals surface area contributed by atoms with Gasteiger partial charge in [-0.1, -0.05) is 194 Å². The van der Waals surface area contributed by atoms with Gasteiger partial charge < -0.3 is 38.6 Å². The molecule has 0 fully saturated rings. The summed E-state index contributed by atoms with van der Waals surface area (Å²) in [5, 5.41) is 21.1. The highest BCUT2D eigenvalue weighted by Gasteiger charge is 2.36. The molecule has 0 saturated carbocycles. The topological polar surface area (TPSA) is 95.8 Å². The summed E-state index contributed by atoms with van der Waals surface area (Å²) in [4.78, 5) is 0. The minimum absolute atomic E-state index is 0.0406. The van der Waals surface area contributed by atoms with E-state index in [1.807, 2.05) is 218 Å². The van der Waals surface area contributed by atoms with Crippen LogP contribution in [0.2, 0.25) is 0 Å². The molecule has 0 spiro atoms. The van der Waals surface area contributed by atoms with E-state index in [0.29, 0.717) is 34.5 Å². The number of ether oxygens (including phenoxy) is 6. The average Bonchev–Trinajstić information content (AvgIpc) is 3.46. The van der Waals surface area contributed by atoms with E-state index < -0.39 is 0 Å². The predicted molar refractivity (Wildman–Crippen MR) is 291 cm³/mol. The molecule has 0 saturated heterocycles. The lowest BCUT2D eigenvalue weighted by molar-refractivity contribution is 0.327. The van der Waals surface area contributed by atoms with Gasteiger partial charge in [0.15, 0.2) is 0 Å². The number of rotatable bonds is 16. The molecular weight excluding hydrogens is 921 g/mol. The molecule has 11 aromatic carbocycles. The van der Waals surface area contributed by atoms with E-state index in [0.717, 1.165) is 44.5 Å². The van der Waals surface area contributed by atoms with Crippen LogP contribution in [0.1, 0.15) is 0 Å². The molecule has 358 valence electrons. The monoisotopic (exact) mass is 966 g/mol. The van der Waals surface area contributed by atoms with Crippen LogP contribution in [0.15, 0.2) is 267 Å². The molecule has 74 heavy (non-hydrogen) atoms. The lowest BCUT2D eigenvalue weighted by Crippen LogP contribution is -2.04. The van der Waals surface area contributed by atoms with Crippen molar-refractivity contribution in [2.24, 2.45) is 0 Å². The van der Waals surface area contributed by atoms with Crippen molar-refractivity contribution in [1.82, 2.24) is 0 Å². The molecule has 0 atom stereocenters. The van der Waals surface area contributed by atoms with Crippen LogP contribution in [-0.4, -0.2) is 10.2 Å². The molecule has 11 rings (SSSR count). The van der Waals surface area contributed by atoms with E-state index in [-0.39, 0.29) is 46.0 Å². The molecule has 0 amide bonds. The molecule has 8 nitrogen and oxygen atoms in total. The summed E-state index contributed by atoms with van der Waals surface area (Å²) in [5.41, 5.74) is 6.67. The van der Waals surface area contributed by atoms with E-state index in [4.69, 9.17) is 28.4 Å². The maximum Gasteiger partial charge on any atom is 0.220 e. The van der Waals surface area contributed by atoms with Gasteiger partial charge in [-0.2, -0.15) is 0 Å². The second kappa shape index (κ2) is 21.4. The Hall–Kier alpha value is -10.2. The number of hydrogen-bond donors (Lipinski definition) is 2. The van der Waals surface area contributed by atoms with E-state index in [9.17, 15) is 10.2 Å². The molecule has 8 heteroatoms. The summed E-state index contributed by atoms with van der Waals surface area (Å²) in [6.07, 6.45) is 0. The van der Waals surface area contributed by atoms with Gasteiger partial charge in [-0.25, -0.2) is 0 Å². The van der Waals surface area contributed by atoms with Crippen LogP contribution in [0.25, 0.3) is 44.5 Å². The van der Waals surface area contributed by atoms with Crippen molar-refractivity contribution in [3.05, 3.63) is 267 Å². The van der Waals surface area contributed by atoms with Crippen molar-refractivity contribution in [3.63, 3.8) is 0 Å². The number of benzene rings is 11. The molecule has 11 aromatic rings. The Balaban J connectivity index is 1.27. The third-order valence-electron chi connectivity index (χ3n) is 12.1. The molecule has 0 unspecified atom stereocenters. The van der Waals surface area contributed by atoms with Crippen LogP contribution in [0.3, 0.4) is 0 Å². The SMILES string of the molecule is Oc1ccc(Oc2c(Oc3ccccc3-c3ccccc3)c(Oc3ccccc3-c3ccccc3)c(Oc3ccc(O)cc3)c(Oc3ccccc3-c3ccccc3)c2Oc2ccccc2-c2ccccc2)cc1. The van der Waals surface area contributed by atoms with Gasteiger partial charge in [-0.05, 0) is 95.1 Å². The second-order valence-corrected chi connectivity index (χ2v) is 17.0. The lowest BCUT2D eigenvalue weighted by Gasteiger charge is -2.27. The number of para-hydroxylation sites is 4. The molecule has 0 bridgehead atoms. The van der Waals surface area contributed by atoms with E-state index in [2.05, 4.69) is 0 Å². The Kier molecular flexibility index (Phi) is 13.4. The summed E-state index contributed by atoms with van der Waals surface area (Å²) in [7, 11) is 0. The zero-order valence-corrected chi connectivity index (χ0v) is 39.7. The van der Waals surface area contributed by atoms with Gasteiger partial charge in [0.2, 0.25) is 34.5 Å². The van der Waals surface area contributed by atoms with Gasteiger partial charge in [0.25, 0.3) is 0 Å². The van der Waals surface area contributed by atoms with Crippen LogP contribution in [-0.2, 0) is 0 Å². The van der Waals surface area contributed by atoms with Gasteiger partial charge in [-0.3, -0.25) is 0 Å². The number of phenolic OH excluding ortho intramolecular Hbond substituents is 2. The van der Waals surface area contributed by atoms with Gasteiger partial charge in [0.1, 0.15) is 46.0 Å². The average molecular weight is 967 g/mol. The molecule has 0 aromatic heterocycles. The van der Waals surface area contributed by atoms with Crippen molar-refractivity contribution in [3.8, 4) is 125 Å². The van der Waals surface area contributed by atoms with Crippen LogP contribution in [0.4, 0.5) is 0 Å².